The third kappa shape index (κ3) is 20.0. The molecule has 0 radical (unpaired) electrons. The molecule has 2 fully saturated rings. The van der Waals surface area contributed by atoms with Crippen molar-refractivity contribution >= 4 is 70.8 Å². The van der Waals surface area contributed by atoms with Crippen LogP contribution < -0.4 is 26.6 Å². The SMILES string of the molecule is CCOCCC(=O)C[C@H](C(=O)N[C@@H](CCCNC(N)=O)C(=O)Cc1ccc(COC(=O)N(C)CCCC(=O)N(C)[C@@H](C)C(=O)O[C@H]2CC(=O)N(C)c3cc(cc(C)c3Cl)C/C(C)=C/C=C/[C@@H](OC)[C@]3(O)C[C@H](OC(=O)N3)[C@@H](C)C3O[C@]32C)cc1)C(C)C. The summed E-state index contributed by atoms with van der Waals surface area (Å²) < 4.78 is 34.7. The normalized spacial score (nSPS) is 24.1. The third-order valence-electron chi connectivity index (χ3n) is 16.5. The molecule has 24 heteroatoms. The first-order valence-electron chi connectivity index (χ1n) is 29.7. The van der Waals surface area contributed by atoms with Crippen LogP contribution in [0.4, 0.5) is 20.1 Å². The topological polar surface area (TPSA) is 304 Å². The summed E-state index contributed by atoms with van der Waals surface area (Å²) in [7, 11) is 5.97. The number of amides is 7. The van der Waals surface area contributed by atoms with E-state index in [1.165, 1.54) is 42.8 Å². The Labute approximate surface area is 515 Å². The summed E-state index contributed by atoms with van der Waals surface area (Å²) in [5.74, 6) is -3.96. The van der Waals surface area contributed by atoms with Crippen LogP contribution in [-0.4, -0.2) is 171 Å². The van der Waals surface area contributed by atoms with Crippen LogP contribution in [0.1, 0.15) is 122 Å². The number of hydrogen-bond acceptors (Lipinski definition) is 16. The number of urea groups is 1. The first kappa shape index (κ1) is 70.8. The van der Waals surface area contributed by atoms with Gasteiger partial charge in [-0.25, -0.2) is 19.2 Å². The van der Waals surface area contributed by atoms with E-state index >= 15 is 0 Å². The Kier molecular flexibility index (Phi) is 26.3. The highest BCUT2D eigenvalue weighted by Crippen LogP contribution is 2.49. The first-order chi connectivity index (χ1) is 41.0. The molecule has 23 nitrogen and oxygen atoms in total. The molecular weight excluding hydrogens is 1150 g/mol. The maximum atomic E-state index is 14.4. The van der Waals surface area contributed by atoms with Crippen molar-refractivity contribution in [2.45, 2.75) is 174 Å². The number of ketones is 2. The molecule has 1 unspecified atom stereocenters. The van der Waals surface area contributed by atoms with E-state index < -0.39 is 102 Å². The number of allylic oxidation sites excluding steroid dienone is 3. The summed E-state index contributed by atoms with van der Waals surface area (Å²) in [5, 5.41) is 20.1. The monoisotopic (exact) mass is 1240 g/mol. The fourth-order valence-corrected chi connectivity index (χ4v) is 11.0. The fraction of sp³-hybridized carbons (Fsp3) is 0.603. The summed E-state index contributed by atoms with van der Waals surface area (Å²) in [4.78, 5) is 124. The third-order valence-corrected chi connectivity index (χ3v) is 17.0. The Hall–Kier alpha value is -6.92. The number of epoxide rings is 1. The van der Waals surface area contributed by atoms with E-state index in [-0.39, 0.29) is 95.2 Å². The molecule has 2 aromatic carbocycles. The Morgan fingerprint density at radius 3 is 2.36 bits per heavy atom. The van der Waals surface area contributed by atoms with E-state index in [0.29, 0.717) is 41.3 Å². The lowest BCUT2D eigenvalue weighted by atomic mass is 9.83. The molecule has 4 bridgehead atoms. The number of nitrogens with one attached hydrogen (secondary N) is 3. The van der Waals surface area contributed by atoms with Crippen LogP contribution in [0.5, 0.6) is 0 Å². The number of hydrogen-bond donors (Lipinski definition) is 5. The number of methoxy groups -OCH3 is 1. The van der Waals surface area contributed by atoms with Crippen LogP contribution in [0.2, 0.25) is 5.02 Å². The molecule has 6 N–H and O–H groups in total. The van der Waals surface area contributed by atoms with E-state index in [4.69, 9.17) is 45.8 Å². The molecule has 2 saturated heterocycles. The van der Waals surface area contributed by atoms with Crippen molar-refractivity contribution in [2.75, 3.05) is 59.5 Å². The number of primary amides is 1. The van der Waals surface area contributed by atoms with Crippen LogP contribution in [0, 0.1) is 24.7 Å². The number of fused-ring (bicyclic) bond motifs is 5. The predicted molar refractivity (Wildman–Crippen MR) is 324 cm³/mol. The quantitative estimate of drug-likeness (QED) is 0.0288. The lowest BCUT2D eigenvalue weighted by Crippen LogP contribution is -2.63. The van der Waals surface area contributed by atoms with Gasteiger partial charge in [0, 0.05) is 91.9 Å². The van der Waals surface area contributed by atoms with Gasteiger partial charge in [-0.1, -0.05) is 86.5 Å². The van der Waals surface area contributed by atoms with Crippen LogP contribution in [0.15, 0.2) is 60.2 Å². The van der Waals surface area contributed by atoms with E-state index in [9.17, 15) is 48.3 Å². The number of rotatable bonds is 26. The van der Waals surface area contributed by atoms with Gasteiger partial charge in [0.2, 0.25) is 17.7 Å². The van der Waals surface area contributed by atoms with Crippen LogP contribution in [0.3, 0.4) is 0 Å². The molecule has 0 aromatic heterocycles. The summed E-state index contributed by atoms with van der Waals surface area (Å²) >= 11 is 6.84. The van der Waals surface area contributed by atoms with Crippen molar-refractivity contribution < 1.29 is 76.7 Å². The van der Waals surface area contributed by atoms with Gasteiger partial charge in [-0.05, 0) is 94.5 Å². The van der Waals surface area contributed by atoms with E-state index in [2.05, 4.69) is 16.0 Å². The number of aliphatic hydroxyl groups is 1. The van der Waals surface area contributed by atoms with Gasteiger partial charge in [-0.3, -0.25) is 29.3 Å². The molecule has 3 aliphatic heterocycles. The second-order valence-corrected chi connectivity index (χ2v) is 24.0. The molecule has 5 rings (SSSR count). The van der Waals surface area contributed by atoms with Gasteiger partial charge >= 0.3 is 24.2 Å². The minimum atomic E-state index is -1.88. The molecule has 0 spiro atoms. The van der Waals surface area contributed by atoms with Gasteiger partial charge in [-0.15, -0.1) is 0 Å². The van der Waals surface area contributed by atoms with Crippen LogP contribution in [-0.2, 0) is 76.6 Å². The summed E-state index contributed by atoms with van der Waals surface area (Å²) in [6, 6.07) is 7.84. The number of anilines is 1. The van der Waals surface area contributed by atoms with Gasteiger partial charge < -0.3 is 64.6 Å². The minimum Gasteiger partial charge on any atom is -0.457 e. The second-order valence-electron chi connectivity index (χ2n) is 23.6. The summed E-state index contributed by atoms with van der Waals surface area (Å²) in [6.07, 6.45) is 0.751. The molecule has 0 saturated carbocycles. The number of aryl methyl sites for hydroxylation is 1. The highest BCUT2D eigenvalue weighted by molar-refractivity contribution is 6.34. The van der Waals surface area contributed by atoms with E-state index in [1.807, 2.05) is 52.8 Å². The highest BCUT2D eigenvalue weighted by atomic mass is 35.5. The van der Waals surface area contributed by atoms with Crippen molar-refractivity contribution in [3.63, 3.8) is 0 Å². The highest BCUT2D eigenvalue weighted by Gasteiger charge is 2.64. The number of halogens is 1. The molecule has 7 amide bonds. The van der Waals surface area contributed by atoms with Gasteiger partial charge in [-0.2, -0.15) is 0 Å². The Morgan fingerprint density at radius 2 is 1.70 bits per heavy atom. The molecule has 0 aliphatic carbocycles. The summed E-state index contributed by atoms with van der Waals surface area (Å²) in [6.45, 7) is 15.2. The van der Waals surface area contributed by atoms with Crippen LogP contribution >= 0.6 is 11.6 Å². The number of likely N-dealkylation sites (N-methyl/N-ethyl adjacent to an activating group) is 1. The van der Waals surface area contributed by atoms with Crippen molar-refractivity contribution in [3.05, 3.63) is 87.5 Å². The molecule has 480 valence electrons. The molecule has 87 heavy (non-hydrogen) atoms. The Balaban J connectivity index is 1.18. The number of ether oxygens (including phenoxy) is 6. The molecule has 3 heterocycles. The maximum absolute atomic E-state index is 14.4. The number of carbonyl (C=O) groups is 9. The average Bonchev–Trinajstić information content (AvgIpc) is 1.59. The number of Topliss-reactive ketones (excluding diaryl/α,β-unsaturated/α-hetero) is 2. The molecule has 2 aromatic rings. The van der Waals surface area contributed by atoms with Crippen molar-refractivity contribution in [2.24, 2.45) is 23.5 Å². The smallest absolute Gasteiger partial charge is 0.409 e. The number of alkyl carbamates (subject to hydrolysis) is 1. The number of nitrogens with zero attached hydrogens (tertiary/aromatic N) is 3. The summed E-state index contributed by atoms with van der Waals surface area (Å²) in [5.41, 5.74) is 6.28. The predicted octanol–water partition coefficient (Wildman–Crippen LogP) is 6.57. The second kappa shape index (κ2) is 32.3. The standard InChI is InChI=1S/C63H90ClN7O16/c1-13-83-28-25-45(72)33-46(37(2)3)57(76)67-47(18-15-26-66-59(65)78)49(73)32-42-21-23-43(24-22-42)36-84-61(80)69(9)27-16-20-53(74)70(10)41(7)58(77)86-52-34-54(75)71(11)48-31-44(30-39(5)55(48)64)29-38(4)17-14-19-51(82-12)63(81)35-50(85-60(79)68-63)40(6)56-62(52,8)87-56/h14,17,19,21-24,30-31,37,40-41,46-47,50-52,56,81H,13,15-16,18,20,25-29,32-36H2,1-12H3,(H,67,76)(H,68,79)(H3,65,66,78)/b19-14+,38-17+/t40-,41+,46+,47+,50+,51-,52+,56?,62+,63-/m1/s1. The van der Waals surface area contributed by atoms with E-state index in [1.54, 1.807) is 57.3 Å². The number of benzene rings is 2. The number of esters is 1. The van der Waals surface area contributed by atoms with Crippen LogP contribution in [0.25, 0.3) is 0 Å². The lowest BCUT2D eigenvalue weighted by molar-refractivity contribution is -0.162. The zero-order valence-electron chi connectivity index (χ0n) is 52.4. The Morgan fingerprint density at radius 1 is 1.01 bits per heavy atom. The van der Waals surface area contributed by atoms with E-state index in [0.717, 1.165) is 16.7 Å². The fourth-order valence-electron chi connectivity index (χ4n) is 10.7. The Bertz CT molecular complexity index is 2850. The van der Waals surface area contributed by atoms with Crippen molar-refractivity contribution in [1.29, 1.82) is 0 Å². The largest absolute Gasteiger partial charge is 0.457 e. The van der Waals surface area contributed by atoms with Crippen molar-refractivity contribution in [3.8, 4) is 0 Å². The van der Waals surface area contributed by atoms with Gasteiger partial charge in [0.15, 0.2) is 11.5 Å². The van der Waals surface area contributed by atoms with Gasteiger partial charge in [0.1, 0.15) is 42.3 Å². The zero-order valence-corrected chi connectivity index (χ0v) is 53.1. The lowest BCUT2D eigenvalue weighted by Gasteiger charge is -2.42. The van der Waals surface area contributed by atoms with Gasteiger partial charge in [0.05, 0.1) is 35.9 Å². The number of nitrogens with two attached hydrogens (primary N) is 1. The average molecular weight is 1240 g/mol. The molecular formula is C63H90ClN7O16. The number of carbonyl (C=O) groups excluding carboxylic acids is 9. The van der Waals surface area contributed by atoms with Gasteiger partial charge in [0.25, 0.3) is 0 Å². The minimum absolute atomic E-state index is 0.00480. The molecule has 3 aliphatic rings. The zero-order chi connectivity index (χ0) is 64.5. The van der Waals surface area contributed by atoms with Crippen molar-refractivity contribution in [1.82, 2.24) is 25.8 Å². The first-order valence-corrected chi connectivity index (χ1v) is 30.1. The molecule has 10 atom stereocenters. The maximum Gasteiger partial charge on any atom is 0.409 e.